The maximum atomic E-state index is 13.1. The average Bonchev–Trinajstić information content (AvgIpc) is 3.26. The third-order valence-corrected chi connectivity index (χ3v) is 5.18. The van der Waals surface area contributed by atoms with Crippen molar-refractivity contribution in [2.75, 3.05) is 19.9 Å². The van der Waals surface area contributed by atoms with E-state index < -0.39 is 17.7 Å². The molecule has 8 nitrogen and oxygen atoms in total. The molecule has 144 valence electrons. The Morgan fingerprint density at radius 1 is 1.04 bits per heavy atom. The smallest absolute Gasteiger partial charge is 0.325 e. The fourth-order valence-electron chi connectivity index (χ4n) is 3.62. The standard InChI is InChI=1S/C20H18N2O6/c1-20(12-6-7-15-17(8-12)27-11-26-15)18(23)22(19(24)21-20)9-13-10-25-14-4-2-3-5-16(14)28-13/h2-8,13H,9-11H2,1H3,(H,21,24)/t13-,20-/m0/s1. The second kappa shape index (κ2) is 6.05. The van der Waals surface area contributed by atoms with Crippen molar-refractivity contribution in [2.24, 2.45) is 0 Å². The van der Waals surface area contributed by atoms with Crippen LogP contribution in [0.2, 0.25) is 0 Å². The molecule has 2 aromatic carbocycles. The zero-order valence-corrected chi connectivity index (χ0v) is 15.1. The second-order valence-electron chi connectivity index (χ2n) is 7.04. The molecular weight excluding hydrogens is 364 g/mol. The van der Waals surface area contributed by atoms with Crippen molar-refractivity contribution in [2.45, 2.75) is 18.6 Å². The van der Waals surface area contributed by atoms with E-state index in [4.69, 9.17) is 18.9 Å². The summed E-state index contributed by atoms with van der Waals surface area (Å²) in [5, 5.41) is 2.79. The number of imide groups is 1. The fourth-order valence-corrected chi connectivity index (χ4v) is 3.62. The summed E-state index contributed by atoms with van der Waals surface area (Å²) in [6.07, 6.45) is -0.441. The first-order chi connectivity index (χ1) is 13.5. The molecule has 0 aromatic heterocycles. The second-order valence-corrected chi connectivity index (χ2v) is 7.04. The van der Waals surface area contributed by atoms with Gasteiger partial charge in [-0.2, -0.15) is 0 Å². The van der Waals surface area contributed by atoms with Crippen LogP contribution in [0, 0.1) is 0 Å². The van der Waals surface area contributed by atoms with Gasteiger partial charge >= 0.3 is 6.03 Å². The Kier molecular flexibility index (Phi) is 3.61. The lowest BCUT2D eigenvalue weighted by atomic mass is 9.91. The van der Waals surface area contributed by atoms with Gasteiger partial charge in [-0.25, -0.2) is 4.79 Å². The van der Waals surface area contributed by atoms with Crippen LogP contribution in [0.5, 0.6) is 23.0 Å². The maximum absolute atomic E-state index is 13.1. The third kappa shape index (κ3) is 2.52. The van der Waals surface area contributed by atoms with Crippen molar-refractivity contribution in [3.05, 3.63) is 48.0 Å². The summed E-state index contributed by atoms with van der Waals surface area (Å²) in [5.41, 5.74) is -0.561. The number of rotatable bonds is 3. The summed E-state index contributed by atoms with van der Waals surface area (Å²) in [7, 11) is 0. The summed E-state index contributed by atoms with van der Waals surface area (Å²) in [6, 6.07) is 12.1. The molecule has 2 aromatic rings. The lowest BCUT2D eigenvalue weighted by Gasteiger charge is -2.29. The lowest BCUT2D eigenvalue weighted by molar-refractivity contribution is -0.132. The van der Waals surface area contributed by atoms with E-state index in [-0.39, 0.29) is 25.9 Å². The minimum atomic E-state index is -1.19. The van der Waals surface area contributed by atoms with Crippen LogP contribution in [0.1, 0.15) is 12.5 Å². The zero-order valence-electron chi connectivity index (χ0n) is 15.1. The number of fused-ring (bicyclic) bond motifs is 2. The van der Waals surface area contributed by atoms with Gasteiger partial charge in [-0.1, -0.05) is 18.2 Å². The molecule has 3 aliphatic heterocycles. The summed E-state index contributed by atoms with van der Waals surface area (Å²) in [6.45, 7) is 2.18. The predicted octanol–water partition coefficient (Wildman–Crippen LogP) is 2.02. The van der Waals surface area contributed by atoms with Gasteiger partial charge in [0.15, 0.2) is 29.1 Å². The number of benzene rings is 2. The van der Waals surface area contributed by atoms with Gasteiger partial charge in [0.25, 0.3) is 5.91 Å². The Hall–Kier alpha value is -3.42. The molecule has 1 fully saturated rings. The first kappa shape index (κ1) is 16.7. The van der Waals surface area contributed by atoms with E-state index in [1.807, 2.05) is 18.2 Å². The molecular formula is C20H18N2O6. The van der Waals surface area contributed by atoms with Crippen LogP contribution in [0.4, 0.5) is 4.79 Å². The lowest BCUT2D eigenvalue weighted by Crippen LogP contribution is -2.45. The SMILES string of the molecule is C[C@@]1(c2ccc3c(c2)OCO3)NC(=O)N(C[C@H]2COc3ccccc3O2)C1=O. The Balaban J connectivity index is 1.36. The van der Waals surface area contributed by atoms with Gasteiger partial charge in [0.2, 0.25) is 6.79 Å². The largest absolute Gasteiger partial charge is 0.486 e. The van der Waals surface area contributed by atoms with E-state index in [9.17, 15) is 9.59 Å². The molecule has 0 aliphatic carbocycles. The maximum Gasteiger partial charge on any atom is 0.325 e. The van der Waals surface area contributed by atoms with Crippen LogP contribution in [0.25, 0.3) is 0 Å². The van der Waals surface area contributed by atoms with Gasteiger partial charge in [0.05, 0.1) is 6.54 Å². The number of hydrogen-bond donors (Lipinski definition) is 1. The molecule has 3 heterocycles. The molecule has 1 saturated heterocycles. The molecule has 3 aliphatic rings. The van der Waals surface area contributed by atoms with Crippen LogP contribution in [-0.4, -0.2) is 42.9 Å². The molecule has 0 spiro atoms. The van der Waals surface area contributed by atoms with E-state index in [0.717, 1.165) is 0 Å². The van der Waals surface area contributed by atoms with Crippen molar-refractivity contribution in [3.63, 3.8) is 0 Å². The highest BCUT2D eigenvalue weighted by molar-refractivity contribution is 6.07. The monoisotopic (exact) mass is 382 g/mol. The number of para-hydroxylation sites is 2. The van der Waals surface area contributed by atoms with Crippen LogP contribution >= 0.6 is 0 Å². The van der Waals surface area contributed by atoms with Crippen molar-refractivity contribution in [3.8, 4) is 23.0 Å². The van der Waals surface area contributed by atoms with Crippen molar-refractivity contribution in [1.82, 2.24) is 10.2 Å². The zero-order chi connectivity index (χ0) is 19.3. The Morgan fingerprint density at radius 2 is 1.79 bits per heavy atom. The quantitative estimate of drug-likeness (QED) is 0.818. The highest BCUT2D eigenvalue weighted by Crippen LogP contribution is 2.38. The number of ether oxygens (including phenoxy) is 4. The molecule has 3 amide bonds. The Morgan fingerprint density at radius 3 is 2.64 bits per heavy atom. The van der Waals surface area contributed by atoms with E-state index in [1.165, 1.54) is 4.90 Å². The molecule has 1 N–H and O–H groups in total. The number of urea groups is 1. The van der Waals surface area contributed by atoms with Gasteiger partial charge in [-0.3, -0.25) is 9.69 Å². The van der Waals surface area contributed by atoms with Gasteiger partial charge in [0, 0.05) is 0 Å². The van der Waals surface area contributed by atoms with Gasteiger partial charge in [0.1, 0.15) is 12.1 Å². The Bertz CT molecular complexity index is 977. The van der Waals surface area contributed by atoms with Crippen LogP contribution < -0.4 is 24.3 Å². The number of nitrogens with one attached hydrogen (secondary N) is 1. The molecule has 0 unspecified atom stereocenters. The van der Waals surface area contributed by atoms with Gasteiger partial charge < -0.3 is 24.3 Å². The van der Waals surface area contributed by atoms with Crippen molar-refractivity contribution < 1.29 is 28.5 Å². The molecule has 2 atom stereocenters. The highest BCUT2D eigenvalue weighted by atomic mass is 16.7. The molecule has 28 heavy (non-hydrogen) atoms. The predicted molar refractivity (Wildman–Crippen MR) is 96.5 cm³/mol. The molecule has 0 saturated carbocycles. The summed E-state index contributed by atoms with van der Waals surface area (Å²) >= 11 is 0. The van der Waals surface area contributed by atoms with Crippen molar-refractivity contribution >= 4 is 11.9 Å². The van der Waals surface area contributed by atoms with E-state index in [1.54, 1.807) is 31.2 Å². The average molecular weight is 382 g/mol. The van der Waals surface area contributed by atoms with E-state index in [0.29, 0.717) is 28.6 Å². The first-order valence-electron chi connectivity index (χ1n) is 8.97. The van der Waals surface area contributed by atoms with E-state index >= 15 is 0 Å². The molecule has 0 radical (unpaired) electrons. The fraction of sp³-hybridized carbons (Fsp3) is 0.300. The molecule has 0 bridgehead atoms. The van der Waals surface area contributed by atoms with Crippen LogP contribution in [-0.2, 0) is 10.3 Å². The highest BCUT2D eigenvalue weighted by Gasteiger charge is 2.50. The van der Waals surface area contributed by atoms with Crippen LogP contribution in [0.3, 0.4) is 0 Å². The number of hydrogen-bond acceptors (Lipinski definition) is 6. The molecule has 5 rings (SSSR count). The van der Waals surface area contributed by atoms with E-state index in [2.05, 4.69) is 5.32 Å². The number of amides is 3. The summed E-state index contributed by atoms with van der Waals surface area (Å²) in [4.78, 5) is 26.9. The van der Waals surface area contributed by atoms with Crippen LogP contribution in [0.15, 0.2) is 42.5 Å². The topological polar surface area (TPSA) is 86.3 Å². The first-order valence-corrected chi connectivity index (χ1v) is 8.97. The van der Waals surface area contributed by atoms with Gasteiger partial charge in [-0.05, 0) is 36.8 Å². The number of nitrogens with zero attached hydrogens (tertiary/aromatic N) is 1. The Labute approximate surface area is 160 Å². The van der Waals surface area contributed by atoms with Gasteiger partial charge in [-0.15, -0.1) is 0 Å². The minimum absolute atomic E-state index is 0.0964. The third-order valence-electron chi connectivity index (χ3n) is 5.18. The molecule has 8 heteroatoms. The minimum Gasteiger partial charge on any atom is -0.486 e. The van der Waals surface area contributed by atoms with Crippen molar-refractivity contribution in [1.29, 1.82) is 0 Å². The summed E-state index contributed by atoms with van der Waals surface area (Å²) < 4.78 is 22.3. The normalized spacial score (nSPS) is 25.0. The summed E-state index contributed by atoms with van der Waals surface area (Å²) in [5.74, 6) is 2.08. The number of carbonyl (C=O) groups is 2. The number of carbonyl (C=O) groups excluding carboxylic acids is 2.